The molecule has 4 nitrogen and oxygen atoms in total. The molecule has 0 bridgehead atoms. The van der Waals surface area contributed by atoms with Gasteiger partial charge in [-0.25, -0.2) is 4.79 Å². The van der Waals surface area contributed by atoms with Crippen molar-refractivity contribution in [2.24, 2.45) is 0 Å². The minimum absolute atomic E-state index is 0.0180. The van der Waals surface area contributed by atoms with Crippen LogP contribution >= 0.6 is 0 Å². The molecule has 0 amide bonds. The first-order valence-electron chi connectivity index (χ1n) is 7.40. The van der Waals surface area contributed by atoms with Crippen LogP contribution in [-0.4, -0.2) is 24.2 Å². The number of carboxylic acid groups (broad SMARTS) is 1. The van der Waals surface area contributed by atoms with E-state index in [9.17, 15) is 4.79 Å². The molecule has 0 aliphatic heterocycles. The fourth-order valence-corrected chi connectivity index (χ4v) is 2.25. The van der Waals surface area contributed by atoms with E-state index >= 15 is 0 Å². The molecule has 0 saturated heterocycles. The molecule has 0 aliphatic carbocycles. The first kappa shape index (κ1) is 16.2. The molecule has 0 fully saturated rings. The van der Waals surface area contributed by atoms with Crippen molar-refractivity contribution >= 4 is 5.97 Å². The van der Waals surface area contributed by atoms with Crippen LogP contribution in [0, 0.1) is 0 Å². The van der Waals surface area contributed by atoms with Crippen LogP contribution in [0.25, 0.3) is 0 Å². The fraction of sp³-hybridized carbons (Fsp3) is 0.278. The highest BCUT2D eigenvalue weighted by atomic mass is 16.5. The Balaban J connectivity index is 1.89. The Bertz CT molecular complexity index is 581. The summed E-state index contributed by atoms with van der Waals surface area (Å²) in [6.45, 7) is 4.03. The van der Waals surface area contributed by atoms with Gasteiger partial charge in [0.15, 0.2) is 0 Å². The Hall–Kier alpha value is -2.17. The number of rotatable bonds is 8. The Morgan fingerprint density at radius 2 is 1.82 bits per heavy atom. The van der Waals surface area contributed by atoms with Crippen LogP contribution in [-0.2, 0) is 11.3 Å². The van der Waals surface area contributed by atoms with E-state index in [0.29, 0.717) is 25.3 Å². The Morgan fingerprint density at radius 1 is 1.14 bits per heavy atom. The molecule has 0 aromatic heterocycles. The lowest BCUT2D eigenvalue weighted by atomic mass is 10.1. The molecule has 116 valence electrons. The van der Waals surface area contributed by atoms with Crippen LogP contribution < -0.4 is 5.32 Å². The summed E-state index contributed by atoms with van der Waals surface area (Å²) in [6.07, 6.45) is 0.0180. The molecule has 22 heavy (non-hydrogen) atoms. The summed E-state index contributed by atoms with van der Waals surface area (Å²) in [5.41, 5.74) is 2.51. The molecule has 0 aliphatic rings. The van der Waals surface area contributed by atoms with Crippen LogP contribution in [0.5, 0.6) is 0 Å². The minimum Gasteiger partial charge on any atom is -0.478 e. The van der Waals surface area contributed by atoms with Gasteiger partial charge in [-0.1, -0.05) is 42.5 Å². The third-order valence-electron chi connectivity index (χ3n) is 3.40. The van der Waals surface area contributed by atoms with E-state index in [-0.39, 0.29) is 6.10 Å². The monoisotopic (exact) mass is 299 g/mol. The summed E-state index contributed by atoms with van der Waals surface area (Å²) in [5, 5.41) is 12.2. The van der Waals surface area contributed by atoms with Crippen LogP contribution in [0.15, 0.2) is 54.6 Å². The van der Waals surface area contributed by atoms with Crippen LogP contribution in [0.1, 0.15) is 34.5 Å². The quantitative estimate of drug-likeness (QED) is 0.785. The number of nitrogens with one attached hydrogen (secondary N) is 1. The van der Waals surface area contributed by atoms with Gasteiger partial charge < -0.3 is 15.2 Å². The third-order valence-corrected chi connectivity index (χ3v) is 3.40. The van der Waals surface area contributed by atoms with Crippen molar-refractivity contribution in [1.82, 2.24) is 5.32 Å². The van der Waals surface area contributed by atoms with E-state index < -0.39 is 5.97 Å². The summed E-state index contributed by atoms with van der Waals surface area (Å²) in [7, 11) is 0. The Kier molecular flexibility index (Phi) is 6.13. The average molecular weight is 299 g/mol. The zero-order valence-corrected chi connectivity index (χ0v) is 12.7. The van der Waals surface area contributed by atoms with Gasteiger partial charge >= 0.3 is 5.97 Å². The molecule has 0 heterocycles. The van der Waals surface area contributed by atoms with E-state index in [4.69, 9.17) is 9.84 Å². The minimum atomic E-state index is -0.903. The number of benzene rings is 2. The second-order valence-electron chi connectivity index (χ2n) is 4.99. The van der Waals surface area contributed by atoms with Crippen molar-refractivity contribution in [2.75, 3.05) is 13.2 Å². The van der Waals surface area contributed by atoms with Gasteiger partial charge in [-0.05, 0) is 30.2 Å². The first-order chi connectivity index (χ1) is 10.7. The van der Waals surface area contributed by atoms with Gasteiger partial charge in [0.05, 0.1) is 11.7 Å². The lowest BCUT2D eigenvalue weighted by molar-refractivity contribution is 0.0621. The third kappa shape index (κ3) is 4.69. The first-order valence-corrected chi connectivity index (χ1v) is 7.40. The summed E-state index contributed by atoms with van der Waals surface area (Å²) in [6, 6.07) is 17.0. The van der Waals surface area contributed by atoms with Crippen molar-refractivity contribution in [3.63, 3.8) is 0 Å². The van der Waals surface area contributed by atoms with Gasteiger partial charge in [-0.3, -0.25) is 0 Å². The number of hydrogen-bond acceptors (Lipinski definition) is 3. The molecule has 0 saturated carbocycles. The van der Waals surface area contributed by atoms with Crippen LogP contribution in [0.4, 0.5) is 0 Å². The van der Waals surface area contributed by atoms with Crippen molar-refractivity contribution < 1.29 is 14.6 Å². The highest BCUT2D eigenvalue weighted by Gasteiger charge is 2.10. The molecule has 0 spiro atoms. The highest BCUT2D eigenvalue weighted by molar-refractivity contribution is 5.87. The summed E-state index contributed by atoms with van der Waals surface area (Å²) >= 11 is 0. The van der Waals surface area contributed by atoms with E-state index in [0.717, 1.165) is 11.1 Å². The molecular weight excluding hydrogens is 278 g/mol. The van der Waals surface area contributed by atoms with Crippen LogP contribution in [0.2, 0.25) is 0 Å². The summed E-state index contributed by atoms with van der Waals surface area (Å²) in [4.78, 5) is 10.8. The molecule has 2 aromatic carbocycles. The molecule has 2 N–H and O–H groups in total. The normalized spacial score (nSPS) is 12.0. The molecule has 2 rings (SSSR count). The van der Waals surface area contributed by atoms with E-state index in [1.54, 1.807) is 12.1 Å². The number of ether oxygens (including phenoxy) is 1. The van der Waals surface area contributed by atoms with E-state index in [2.05, 4.69) is 17.4 Å². The molecule has 1 unspecified atom stereocenters. The van der Waals surface area contributed by atoms with Crippen LogP contribution in [0.3, 0.4) is 0 Å². The zero-order chi connectivity index (χ0) is 15.8. The molecule has 4 heteroatoms. The van der Waals surface area contributed by atoms with E-state index in [1.165, 1.54) is 0 Å². The standard InChI is InChI=1S/C18H21NO3/c1-2-22-17(15-6-4-3-5-7-15)13-19-12-14-8-10-16(11-9-14)18(20)21/h3-11,17,19H,2,12-13H2,1H3,(H,20,21). The largest absolute Gasteiger partial charge is 0.478 e. The number of carbonyl (C=O) groups is 1. The zero-order valence-electron chi connectivity index (χ0n) is 12.7. The topological polar surface area (TPSA) is 58.6 Å². The molecule has 1 atom stereocenters. The SMILES string of the molecule is CCOC(CNCc1ccc(C(=O)O)cc1)c1ccccc1. The number of hydrogen-bond donors (Lipinski definition) is 2. The van der Waals surface area contributed by atoms with Gasteiger partial charge in [0.25, 0.3) is 0 Å². The van der Waals surface area contributed by atoms with E-state index in [1.807, 2.05) is 37.3 Å². The second-order valence-corrected chi connectivity index (χ2v) is 4.99. The maximum atomic E-state index is 10.8. The number of aromatic carboxylic acids is 1. The maximum absolute atomic E-state index is 10.8. The predicted molar refractivity (Wildman–Crippen MR) is 85.9 cm³/mol. The van der Waals surface area contributed by atoms with Crippen molar-refractivity contribution in [3.05, 3.63) is 71.3 Å². The lowest BCUT2D eigenvalue weighted by Gasteiger charge is -2.18. The maximum Gasteiger partial charge on any atom is 0.335 e. The fourth-order valence-electron chi connectivity index (χ4n) is 2.25. The average Bonchev–Trinajstić information content (AvgIpc) is 2.55. The highest BCUT2D eigenvalue weighted by Crippen LogP contribution is 2.16. The molecular formula is C18H21NO3. The Morgan fingerprint density at radius 3 is 2.41 bits per heavy atom. The number of carboxylic acids is 1. The summed E-state index contributed by atoms with van der Waals surface area (Å²) in [5.74, 6) is -0.903. The second kappa shape index (κ2) is 8.32. The van der Waals surface area contributed by atoms with Crippen molar-refractivity contribution in [1.29, 1.82) is 0 Å². The van der Waals surface area contributed by atoms with Gasteiger partial charge in [-0.2, -0.15) is 0 Å². The predicted octanol–water partition coefficient (Wildman–Crippen LogP) is 3.25. The van der Waals surface area contributed by atoms with Gasteiger partial charge in [0, 0.05) is 19.7 Å². The molecule has 2 aromatic rings. The van der Waals surface area contributed by atoms with Gasteiger partial charge in [-0.15, -0.1) is 0 Å². The lowest BCUT2D eigenvalue weighted by Crippen LogP contribution is -2.23. The molecule has 0 radical (unpaired) electrons. The smallest absolute Gasteiger partial charge is 0.335 e. The van der Waals surface area contributed by atoms with Gasteiger partial charge in [0.2, 0.25) is 0 Å². The Labute approximate surface area is 130 Å². The van der Waals surface area contributed by atoms with Gasteiger partial charge in [0.1, 0.15) is 0 Å². The van der Waals surface area contributed by atoms with Crippen molar-refractivity contribution in [2.45, 2.75) is 19.6 Å². The summed E-state index contributed by atoms with van der Waals surface area (Å²) < 4.78 is 5.78. The van der Waals surface area contributed by atoms with Crippen molar-refractivity contribution in [3.8, 4) is 0 Å².